The highest BCUT2D eigenvalue weighted by Gasteiger charge is 2.36. The van der Waals surface area contributed by atoms with E-state index in [1.165, 1.54) is 23.3 Å². The van der Waals surface area contributed by atoms with Gasteiger partial charge in [0, 0.05) is 24.1 Å². The predicted octanol–water partition coefficient (Wildman–Crippen LogP) is 2.22. The molecule has 0 aromatic carbocycles. The second kappa shape index (κ2) is 5.92. The van der Waals surface area contributed by atoms with Gasteiger partial charge >= 0.3 is 5.51 Å². The van der Waals surface area contributed by atoms with E-state index in [4.69, 9.17) is 13.0 Å². The monoisotopic (exact) mass is 309 g/mol. The second-order valence-electron chi connectivity index (χ2n) is 4.33. The van der Waals surface area contributed by atoms with E-state index in [1.54, 1.807) is 0 Å². The maximum atomic E-state index is 10.7. The van der Waals surface area contributed by atoms with Gasteiger partial charge in [0.05, 0.1) is 0 Å². The highest BCUT2D eigenvalue weighted by atomic mass is 32.2. The molecule has 2 rings (SSSR count). The molecule has 4 nitrogen and oxygen atoms in total. The predicted molar refractivity (Wildman–Crippen MR) is 65.3 cm³/mol. The van der Waals surface area contributed by atoms with Gasteiger partial charge in [-0.3, -0.25) is 0 Å². The lowest BCUT2D eigenvalue weighted by Crippen LogP contribution is -2.39. The molecule has 0 saturated carbocycles. The lowest BCUT2D eigenvalue weighted by Gasteiger charge is -2.12. The van der Waals surface area contributed by atoms with Crippen molar-refractivity contribution in [2.75, 3.05) is 0 Å². The molecule has 0 bridgehead atoms. The zero-order valence-corrected chi connectivity index (χ0v) is 11.8. The largest absolute Gasteiger partial charge is 0.741 e. The third kappa shape index (κ3) is 4.04. The first-order valence-corrected chi connectivity index (χ1v) is 7.12. The van der Waals surface area contributed by atoms with Crippen LogP contribution < -0.4 is 4.57 Å². The number of aromatic nitrogens is 1. The fourth-order valence-corrected chi connectivity index (χ4v) is 1.71. The standard InChI is InChI=1S/C11H14N.CHF3O3S/c1-9-6-8-12-7-4-3-5-11(12)10(9)2;2-1(3,4)8(5,6)7/h3-5,7H,6,8H2,1-2H3;(H,5,6,7)/q+1;/p-1. The number of aryl methyl sites for hydroxylation is 1. The molecule has 0 spiro atoms. The normalized spacial score (nSPS) is 15.3. The van der Waals surface area contributed by atoms with Crippen LogP contribution in [0, 0.1) is 0 Å². The van der Waals surface area contributed by atoms with Crippen molar-refractivity contribution < 1.29 is 30.7 Å². The topological polar surface area (TPSA) is 61.1 Å². The molecule has 1 aromatic rings. The average molecular weight is 309 g/mol. The van der Waals surface area contributed by atoms with Gasteiger partial charge in [-0.1, -0.05) is 5.57 Å². The van der Waals surface area contributed by atoms with Crippen LogP contribution in [0.4, 0.5) is 13.2 Å². The molecular formula is C12H14F3NO3S. The number of rotatable bonds is 0. The second-order valence-corrected chi connectivity index (χ2v) is 5.71. The average Bonchev–Trinajstić information content (AvgIpc) is 2.33. The van der Waals surface area contributed by atoms with Gasteiger partial charge in [0.2, 0.25) is 5.69 Å². The molecule has 1 aromatic heterocycles. The van der Waals surface area contributed by atoms with Gasteiger partial charge in [-0.2, -0.15) is 17.7 Å². The van der Waals surface area contributed by atoms with Crippen molar-refractivity contribution in [2.45, 2.75) is 32.3 Å². The molecule has 20 heavy (non-hydrogen) atoms. The van der Waals surface area contributed by atoms with Gasteiger partial charge in [-0.25, -0.2) is 8.42 Å². The first kappa shape index (κ1) is 16.6. The number of allylic oxidation sites excluding steroid dienone is 2. The Kier molecular flexibility index (Phi) is 4.93. The van der Waals surface area contributed by atoms with Gasteiger partial charge in [-0.05, 0) is 19.9 Å². The van der Waals surface area contributed by atoms with Crippen molar-refractivity contribution in [3.05, 3.63) is 35.7 Å². The first-order chi connectivity index (χ1) is 9.04. The van der Waals surface area contributed by atoms with Crippen molar-refractivity contribution in [1.82, 2.24) is 0 Å². The zero-order chi connectivity index (χ0) is 15.6. The summed E-state index contributed by atoms with van der Waals surface area (Å²) in [6, 6.07) is 6.39. The first-order valence-electron chi connectivity index (χ1n) is 5.71. The van der Waals surface area contributed by atoms with E-state index in [0.717, 1.165) is 6.54 Å². The van der Waals surface area contributed by atoms with Crippen molar-refractivity contribution >= 4 is 15.7 Å². The van der Waals surface area contributed by atoms with Crippen molar-refractivity contribution in [3.63, 3.8) is 0 Å². The number of pyridine rings is 1. The van der Waals surface area contributed by atoms with Gasteiger partial charge in [0.25, 0.3) is 0 Å². The van der Waals surface area contributed by atoms with E-state index in [1.807, 2.05) is 0 Å². The number of halogens is 3. The molecule has 0 saturated heterocycles. The van der Waals surface area contributed by atoms with Crippen LogP contribution in [-0.2, 0) is 16.7 Å². The maximum Gasteiger partial charge on any atom is 0.485 e. The smallest absolute Gasteiger partial charge is 0.485 e. The summed E-state index contributed by atoms with van der Waals surface area (Å²) in [4.78, 5) is 0. The van der Waals surface area contributed by atoms with Crippen LogP contribution in [0.15, 0.2) is 30.0 Å². The molecule has 0 N–H and O–H groups in total. The van der Waals surface area contributed by atoms with E-state index >= 15 is 0 Å². The van der Waals surface area contributed by atoms with Crippen LogP contribution in [-0.4, -0.2) is 18.5 Å². The van der Waals surface area contributed by atoms with E-state index in [9.17, 15) is 13.2 Å². The van der Waals surface area contributed by atoms with Crippen LogP contribution in [0.5, 0.6) is 0 Å². The Balaban J connectivity index is 0.000000221. The van der Waals surface area contributed by atoms with Gasteiger partial charge in [0.1, 0.15) is 0 Å². The maximum absolute atomic E-state index is 10.7. The molecule has 0 aliphatic carbocycles. The van der Waals surface area contributed by atoms with E-state index < -0.39 is 15.6 Å². The Hall–Kier alpha value is -1.41. The molecule has 0 amide bonds. The van der Waals surface area contributed by atoms with Crippen molar-refractivity contribution in [2.24, 2.45) is 0 Å². The van der Waals surface area contributed by atoms with Gasteiger partial charge < -0.3 is 4.55 Å². The quantitative estimate of drug-likeness (QED) is 0.419. The van der Waals surface area contributed by atoms with E-state index in [2.05, 4.69) is 42.8 Å². The van der Waals surface area contributed by atoms with Crippen LogP contribution in [0.25, 0.3) is 5.57 Å². The number of alkyl halides is 3. The minimum atomic E-state index is -6.09. The molecule has 112 valence electrons. The summed E-state index contributed by atoms with van der Waals surface area (Å²) in [6.07, 6.45) is 3.36. The molecule has 0 fully saturated rings. The molecule has 2 heterocycles. The minimum absolute atomic E-state index is 1.14. The molecule has 0 unspecified atom stereocenters. The summed E-state index contributed by atoms with van der Waals surface area (Å²) in [5.74, 6) is 0. The van der Waals surface area contributed by atoms with Gasteiger partial charge in [0.15, 0.2) is 22.9 Å². The van der Waals surface area contributed by atoms with Crippen LogP contribution in [0.1, 0.15) is 26.0 Å². The molecule has 1 aliphatic rings. The Morgan fingerprint density at radius 3 is 2.30 bits per heavy atom. The Bertz CT molecular complexity index is 621. The highest BCUT2D eigenvalue weighted by molar-refractivity contribution is 7.86. The van der Waals surface area contributed by atoms with Crippen LogP contribution in [0.2, 0.25) is 0 Å². The summed E-state index contributed by atoms with van der Waals surface area (Å²) in [5, 5.41) is 0. The number of hydrogen-bond acceptors (Lipinski definition) is 3. The summed E-state index contributed by atoms with van der Waals surface area (Å²) >= 11 is 0. The number of nitrogens with zero attached hydrogens (tertiary/aromatic N) is 1. The molecule has 8 heteroatoms. The molecule has 0 atom stereocenters. The fraction of sp³-hybridized carbons (Fsp3) is 0.417. The lowest BCUT2D eigenvalue weighted by molar-refractivity contribution is -0.700. The van der Waals surface area contributed by atoms with E-state index in [-0.39, 0.29) is 0 Å². The minimum Gasteiger partial charge on any atom is -0.741 e. The molecular weight excluding hydrogens is 295 g/mol. The SMILES string of the molecule is CC1=C(C)c2cccc[n+]2CC1.O=S(=O)([O-])C(F)(F)F. The Morgan fingerprint density at radius 1 is 1.25 bits per heavy atom. The fourth-order valence-electron chi connectivity index (χ4n) is 1.71. The van der Waals surface area contributed by atoms with Gasteiger partial charge in [-0.15, -0.1) is 0 Å². The van der Waals surface area contributed by atoms with Crippen molar-refractivity contribution in [3.8, 4) is 0 Å². The number of fused-ring (bicyclic) bond motifs is 1. The van der Waals surface area contributed by atoms with Crippen LogP contribution in [0.3, 0.4) is 0 Å². The Labute approximate surface area is 115 Å². The van der Waals surface area contributed by atoms with Crippen LogP contribution >= 0.6 is 0 Å². The molecule has 1 aliphatic heterocycles. The third-order valence-corrected chi connectivity index (χ3v) is 3.54. The lowest BCUT2D eigenvalue weighted by atomic mass is 10.0. The summed E-state index contributed by atoms with van der Waals surface area (Å²) in [6.45, 7) is 5.57. The Morgan fingerprint density at radius 2 is 1.80 bits per heavy atom. The number of hydrogen-bond donors (Lipinski definition) is 0. The summed E-state index contributed by atoms with van der Waals surface area (Å²) in [5.41, 5.74) is -1.29. The highest BCUT2D eigenvalue weighted by Crippen LogP contribution is 2.21. The van der Waals surface area contributed by atoms with E-state index in [0.29, 0.717) is 0 Å². The molecule has 0 radical (unpaired) electrons. The van der Waals surface area contributed by atoms with Crippen molar-refractivity contribution in [1.29, 1.82) is 0 Å². The zero-order valence-electron chi connectivity index (χ0n) is 10.9. The summed E-state index contributed by atoms with van der Waals surface area (Å²) < 4.78 is 61.2. The third-order valence-electron chi connectivity index (χ3n) is 2.98. The summed E-state index contributed by atoms with van der Waals surface area (Å²) in [7, 11) is -6.09.